The Morgan fingerprint density at radius 1 is 1.32 bits per heavy atom. The maximum atomic E-state index is 12.5. The molecule has 120 valence electrons. The number of sulfonamides is 1. The van der Waals surface area contributed by atoms with Gasteiger partial charge in [-0.05, 0) is 56.2 Å². The van der Waals surface area contributed by atoms with Gasteiger partial charge in [0.15, 0.2) is 0 Å². The van der Waals surface area contributed by atoms with Gasteiger partial charge in [0.2, 0.25) is 10.0 Å². The molecule has 0 radical (unpaired) electrons. The molecule has 0 amide bonds. The molecule has 1 atom stereocenters. The number of halogens is 1. The second kappa shape index (κ2) is 7.10. The van der Waals surface area contributed by atoms with E-state index in [0.29, 0.717) is 17.1 Å². The summed E-state index contributed by atoms with van der Waals surface area (Å²) < 4.78 is 27.7. The van der Waals surface area contributed by atoms with Crippen LogP contribution in [0, 0.1) is 6.92 Å². The van der Waals surface area contributed by atoms with Crippen LogP contribution in [0.1, 0.15) is 16.5 Å². The standard InChI is InChI=1S/C15H19ClN2O2S2/c1-11-9-12(16)6-7-15(11)22(19,20)17-10-13(18(2)3)14-5-4-8-21-14/h4-9,13,17H,10H2,1-3H3. The molecule has 4 nitrogen and oxygen atoms in total. The molecule has 7 heteroatoms. The fraction of sp³-hybridized carbons (Fsp3) is 0.333. The molecule has 0 spiro atoms. The number of benzene rings is 1. The van der Waals surface area contributed by atoms with Crippen LogP contribution in [0.3, 0.4) is 0 Å². The molecule has 0 saturated carbocycles. The van der Waals surface area contributed by atoms with Crippen molar-refractivity contribution in [2.24, 2.45) is 0 Å². The van der Waals surface area contributed by atoms with Gasteiger partial charge in [-0.25, -0.2) is 13.1 Å². The van der Waals surface area contributed by atoms with Gasteiger partial charge in [-0.3, -0.25) is 0 Å². The summed E-state index contributed by atoms with van der Waals surface area (Å²) in [6.07, 6.45) is 0. The largest absolute Gasteiger partial charge is 0.300 e. The zero-order valence-corrected chi connectivity index (χ0v) is 15.1. The van der Waals surface area contributed by atoms with Crippen LogP contribution in [0.2, 0.25) is 5.02 Å². The van der Waals surface area contributed by atoms with Crippen molar-refractivity contribution >= 4 is 33.0 Å². The third-order valence-corrected chi connectivity index (χ3v) is 6.18. The Kier molecular flexibility index (Phi) is 5.63. The Bertz CT molecular complexity index is 728. The van der Waals surface area contributed by atoms with Gasteiger partial charge in [-0.2, -0.15) is 0 Å². The second-order valence-corrected chi connectivity index (χ2v) is 8.41. The molecule has 0 bridgehead atoms. The molecule has 1 N–H and O–H groups in total. The second-order valence-electron chi connectivity index (χ2n) is 5.26. The summed E-state index contributed by atoms with van der Waals surface area (Å²) in [5.74, 6) is 0. The number of thiophene rings is 1. The Morgan fingerprint density at radius 2 is 2.05 bits per heavy atom. The molecule has 0 saturated heterocycles. The first-order valence-corrected chi connectivity index (χ1v) is 9.51. The van der Waals surface area contributed by atoms with Crippen LogP contribution < -0.4 is 4.72 Å². The van der Waals surface area contributed by atoms with E-state index in [1.54, 1.807) is 30.4 Å². The van der Waals surface area contributed by atoms with Crippen LogP contribution in [-0.2, 0) is 10.0 Å². The van der Waals surface area contributed by atoms with E-state index >= 15 is 0 Å². The highest BCUT2D eigenvalue weighted by atomic mass is 35.5. The maximum Gasteiger partial charge on any atom is 0.240 e. The molecule has 1 unspecified atom stereocenters. The highest BCUT2D eigenvalue weighted by molar-refractivity contribution is 7.89. The van der Waals surface area contributed by atoms with Crippen molar-refractivity contribution in [3.05, 3.63) is 51.2 Å². The smallest absolute Gasteiger partial charge is 0.240 e. The molecule has 0 aliphatic heterocycles. The minimum absolute atomic E-state index is 0.00220. The molecule has 1 aromatic carbocycles. The normalized spacial score (nSPS) is 13.5. The van der Waals surface area contributed by atoms with Crippen molar-refractivity contribution in [3.8, 4) is 0 Å². The predicted molar refractivity (Wildman–Crippen MR) is 92.1 cm³/mol. The van der Waals surface area contributed by atoms with Crippen molar-refractivity contribution in [3.63, 3.8) is 0 Å². The summed E-state index contributed by atoms with van der Waals surface area (Å²) in [7, 11) is 0.315. The first-order valence-electron chi connectivity index (χ1n) is 6.77. The number of likely N-dealkylation sites (N-methyl/N-ethyl adjacent to an activating group) is 1. The number of nitrogens with zero attached hydrogens (tertiary/aromatic N) is 1. The molecular weight excluding hydrogens is 340 g/mol. The minimum atomic E-state index is -3.56. The van der Waals surface area contributed by atoms with Gasteiger partial charge in [0.25, 0.3) is 0 Å². The lowest BCUT2D eigenvalue weighted by Crippen LogP contribution is -2.34. The van der Waals surface area contributed by atoms with Gasteiger partial charge >= 0.3 is 0 Å². The van der Waals surface area contributed by atoms with E-state index in [9.17, 15) is 8.42 Å². The molecule has 0 aliphatic rings. The summed E-state index contributed by atoms with van der Waals surface area (Å²) in [4.78, 5) is 3.39. The topological polar surface area (TPSA) is 49.4 Å². The van der Waals surface area contributed by atoms with Gasteiger partial charge in [0, 0.05) is 16.4 Å². The number of hydrogen-bond acceptors (Lipinski definition) is 4. The SMILES string of the molecule is Cc1cc(Cl)ccc1S(=O)(=O)NCC(c1cccs1)N(C)C. The third-order valence-electron chi connectivity index (χ3n) is 3.39. The van der Waals surface area contributed by atoms with Crippen LogP contribution in [0.5, 0.6) is 0 Å². The summed E-state index contributed by atoms with van der Waals surface area (Å²) in [6.45, 7) is 2.06. The van der Waals surface area contributed by atoms with E-state index in [4.69, 9.17) is 11.6 Å². The Hall–Kier alpha value is -0.920. The van der Waals surface area contributed by atoms with Gasteiger partial charge in [0.05, 0.1) is 10.9 Å². The molecule has 0 aliphatic carbocycles. The average Bonchev–Trinajstić information content (AvgIpc) is 2.91. The highest BCUT2D eigenvalue weighted by Crippen LogP contribution is 2.24. The van der Waals surface area contributed by atoms with Crippen molar-refractivity contribution in [2.45, 2.75) is 17.9 Å². The fourth-order valence-electron chi connectivity index (χ4n) is 2.20. The summed E-state index contributed by atoms with van der Waals surface area (Å²) in [5, 5.41) is 2.52. The fourth-order valence-corrected chi connectivity index (χ4v) is 4.61. The number of nitrogens with one attached hydrogen (secondary N) is 1. The van der Waals surface area contributed by atoms with Crippen LogP contribution in [-0.4, -0.2) is 34.0 Å². The molecule has 1 heterocycles. The minimum Gasteiger partial charge on any atom is -0.300 e. The molecule has 22 heavy (non-hydrogen) atoms. The lowest BCUT2D eigenvalue weighted by molar-refractivity contribution is 0.303. The van der Waals surface area contributed by atoms with Gasteiger partial charge in [-0.15, -0.1) is 11.3 Å². The van der Waals surface area contributed by atoms with E-state index < -0.39 is 10.0 Å². The van der Waals surface area contributed by atoms with E-state index in [-0.39, 0.29) is 10.9 Å². The van der Waals surface area contributed by atoms with E-state index in [1.807, 2.05) is 36.5 Å². The molecule has 0 fully saturated rings. The zero-order valence-electron chi connectivity index (χ0n) is 12.7. The maximum absolute atomic E-state index is 12.5. The Morgan fingerprint density at radius 3 is 2.59 bits per heavy atom. The first-order chi connectivity index (χ1) is 10.3. The Balaban J connectivity index is 2.18. The monoisotopic (exact) mass is 358 g/mol. The molecular formula is C15H19ClN2O2S2. The average molecular weight is 359 g/mol. The van der Waals surface area contributed by atoms with E-state index in [1.165, 1.54) is 6.07 Å². The van der Waals surface area contributed by atoms with Gasteiger partial charge in [0.1, 0.15) is 0 Å². The van der Waals surface area contributed by atoms with Crippen LogP contribution in [0.4, 0.5) is 0 Å². The third kappa shape index (κ3) is 4.08. The van der Waals surface area contributed by atoms with Crippen LogP contribution >= 0.6 is 22.9 Å². The first kappa shape index (κ1) is 17.4. The predicted octanol–water partition coefficient (Wildman–Crippen LogP) is 3.29. The lowest BCUT2D eigenvalue weighted by Gasteiger charge is -2.23. The molecule has 2 rings (SSSR count). The van der Waals surface area contributed by atoms with Crippen molar-refractivity contribution in [1.29, 1.82) is 0 Å². The van der Waals surface area contributed by atoms with Crippen molar-refractivity contribution < 1.29 is 8.42 Å². The van der Waals surface area contributed by atoms with Gasteiger partial charge < -0.3 is 4.90 Å². The summed E-state index contributed by atoms with van der Waals surface area (Å²) in [6, 6.07) is 8.76. The van der Waals surface area contributed by atoms with E-state index in [2.05, 4.69) is 4.72 Å². The quantitative estimate of drug-likeness (QED) is 0.862. The Labute approximate surface area is 140 Å². The number of aryl methyl sites for hydroxylation is 1. The van der Waals surface area contributed by atoms with Crippen molar-refractivity contribution in [2.75, 3.05) is 20.6 Å². The number of rotatable bonds is 6. The summed E-state index contributed by atoms with van der Waals surface area (Å²) >= 11 is 7.50. The van der Waals surface area contributed by atoms with Crippen LogP contribution in [0.15, 0.2) is 40.6 Å². The lowest BCUT2D eigenvalue weighted by atomic mass is 10.2. The molecule has 2 aromatic rings. The van der Waals surface area contributed by atoms with Crippen LogP contribution in [0.25, 0.3) is 0 Å². The van der Waals surface area contributed by atoms with Gasteiger partial charge in [-0.1, -0.05) is 17.7 Å². The summed E-state index contributed by atoms with van der Waals surface area (Å²) in [5.41, 5.74) is 0.637. The number of hydrogen-bond donors (Lipinski definition) is 1. The zero-order chi connectivity index (χ0) is 16.3. The molecule has 1 aromatic heterocycles. The van der Waals surface area contributed by atoms with E-state index in [0.717, 1.165) is 4.88 Å². The highest BCUT2D eigenvalue weighted by Gasteiger charge is 2.21. The van der Waals surface area contributed by atoms with Crippen molar-refractivity contribution in [1.82, 2.24) is 9.62 Å².